The fourth-order valence-corrected chi connectivity index (χ4v) is 9.21. The van der Waals surface area contributed by atoms with E-state index in [1.807, 2.05) is 72.8 Å². The van der Waals surface area contributed by atoms with Crippen LogP contribution in [0.5, 0.6) is 0 Å². The summed E-state index contributed by atoms with van der Waals surface area (Å²) in [6, 6.07) is 75.7. The third kappa shape index (κ3) is 6.14. The molecule has 0 bridgehead atoms. The van der Waals surface area contributed by atoms with Crippen molar-refractivity contribution in [1.82, 2.24) is 24.1 Å². The third-order valence-electron chi connectivity index (χ3n) is 12.2. The fourth-order valence-electron chi connectivity index (χ4n) is 9.21. The molecule has 0 aliphatic carbocycles. The highest BCUT2D eigenvalue weighted by atomic mass is 15.1. The van der Waals surface area contributed by atoms with Gasteiger partial charge in [0, 0.05) is 38.2 Å². The molecule has 0 saturated heterocycles. The molecule has 0 unspecified atom stereocenters. The van der Waals surface area contributed by atoms with Crippen molar-refractivity contribution in [1.29, 1.82) is 0 Å². The Morgan fingerprint density at radius 1 is 0.312 bits per heavy atom. The van der Waals surface area contributed by atoms with Gasteiger partial charge >= 0.3 is 0 Å². The first-order valence-corrected chi connectivity index (χ1v) is 21.3. The van der Waals surface area contributed by atoms with Crippen LogP contribution in [0.3, 0.4) is 0 Å². The Labute approximate surface area is 369 Å². The van der Waals surface area contributed by atoms with E-state index in [9.17, 15) is 0 Å². The van der Waals surface area contributed by atoms with E-state index >= 15 is 0 Å². The normalized spacial score (nSPS) is 11.4. The van der Waals surface area contributed by atoms with Crippen molar-refractivity contribution in [3.8, 4) is 67.8 Å². The molecule has 6 nitrogen and oxygen atoms in total. The van der Waals surface area contributed by atoms with E-state index in [0.29, 0.717) is 28.7 Å². The molecular formula is C58H36N6. The molecule has 0 spiro atoms. The van der Waals surface area contributed by atoms with Crippen molar-refractivity contribution in [3.63, 3.8) is 0 Å². The highest BCUT2D eigenvalue weighted by molar-refractivity contribution is 6.13. The van der Waals surface area contributed by atoms with Crippen LogP contribution >= 0.6 is 0 Å². The summed E-state index contributed by atoms with van der Waals surface area (Å²) < 4.78 is 4.67. The van der Waals surface area contributed by atoms with E-state index < -0.39 is 0 Å². The van der Waals surface area contributed by atoms with Crippen molar-refractivity contribution in [3.05, 3.63) is 230 Å². The monoisotopic (exact) mass is 816 g/mol. The third-order valence-corrected chi connectivity index (χ3v) is 12.2. The molecule has 12 rings (SSSR count). The van der Waals surface area contributed by atoms with E-state index in [0.717, 1.165) is 88.4 Å². The number of hydrogen-bond acceptors (Lipinski definition) is 3. The highest BCUT2D eigenvalue weighted by Gasteiger charge is 2.24. The van der Waals surface area contributed by atoms with Crippen LogP contribution in [-0.2, 0) is 0 Å². The fraction of sp³-hybridized carbons (Fsp3) is 0. The molecule has 6 heteroatoms. The lowest BCUT2D eigenvalue weighted by atomic mass is 10.0. The number of aromatic nitrogens is 5. The van der Waals surface area contributed by atoms with Crippen LogP contribution in [0.25, 0.3) is 116 Å². The van der Waals surface area contributed by atoms with E-state index in [1.54, 1.807) is 0 Å². The molecule has 0 fully saturated rings. The van der Waals surface area contributed by atoms with Crippen LogP contribution in [0.2, 0.25) is 0 Å². The summed E-state index contributed by atoms with van der Waals surface area (Å²) in [5.41, 5.74) is 13.3. The van der Waals surface area contributed by atoms with E-state index in [2.05, 4.69) is 160 Å². The van der Waals surface area contributed by atoms with Gasteiger partial charge in [0.25, 0.3) is 0 Å². The van der Waals surface area contributed by atoms with Gasteiger partial charge in [-0.2, -0.15) is 0 Å². The average molecular weight is 817 g/mol. The number of rotatable bonds is 7. The molecule has 64 heavy (non-hydrogen) atoms. The maximum Gasteiger partial charge on any atom is 0.200 e. The average Bonchev–Trinajstić information content (AvgIpc) is 3.89. The Morgan fingerprint density at radius 3 is 1.14 bits per heavy atom. The molecule has 3 aromatic heterocycles. The van der Waals surface area contributed by atoms with Gasteiger partial charge in [-0.15, -0.1) is 0 Å². The summed E-state index contributed by atoms with van der Waals surface area (Å²) in [6.07, 6.45) is 0. The topological polar surface area (TPSA) is 52.9 Å². The Kier molecular flexibility index (Phi) is 8.77. The zero-order valence-electron chi connectivity index (χ0n) is 34.5. The zero-order valence-corrected chi connectivity index (χ0v) is 34.5. The largest absolute Gasteiger partial charge is 0.308 e. The number of nitrogens with zero attached hydrogens (tertiary/aromatic N) is 6. The minimum atomic E-state index is 0.424. The molecule has 298 valence electrons. The number of para-hydroxylation sites is 2. The second-order valence-electron chi connectivity index (χ2n) is 15.9. The van der Waals surface area contributed by atoms with Crippen LogP contribution < -0.4 is 0 Å². The summed E-state index contributed by atoms with van der Waals surface area (Å²) in [4.78, 5) is 19.5. The van der Waals surface area contributed by atoms with Crippen LogP contribution in [0.1, 0.15) is 0 Å². The SMILES string of the molecule is [C-]#[N+]c1cc(-n2c3ccccc3c3cc(-c4ccccc4)ccc32)c(-n2c3ccccc3c3cc(-c4ccccc4)ccc32)cc1-c1nc(-c2ccccc2)nc(-c2ccccc2)n1. The summed E-state index contributed by atoms with van der Waals surface area (Å²) in [7, 11) is 0. The Hall–Kier alpha value is -8.92. The predicted octanol–water partition coefficient (Wildman–Crippen LogP) is 15.0. The molecule has 0 atom stereocenters. The first-order valence-electron chi connectivity index (χ1n) is 21.3. The molecule has 12 aromatic rings. The van der Waals surface area contributed by atoms with Gasteiger partial charge in [0.05, 0.1) is 40.0 Å². The van der Waals surface area contributed by atoms with Gasteiger partial charge in [-0.1, -0.05) is 170 Å². The lowest BCUT2D eigenvalue weighted by molar-refractivity contribution is 1.07. The Morgan fingerprint density at radius 2 is 0.688 bits per heavy atom. The summed E-state index contributed by atoms with van der Waals surface area (Å²) in [5.74, 6) is 1.49. The van der Waals surface area contributed by atoms with E-state index in [4.69, 9.17) is 21.5 Å². The van der Waals surface area contributed by atoms with Gasteiger partial charge in [0.2, 0.25) is 0 Å². The van der Waals surface area contributed by atoms with Crippen LogP contribution in [-0.4, -0.2) is 24.1 Å². The highest BCUT2D eigenvalue weighted by Crippen LogP contribution is 2.44. The molecular weight excluding hydrogens is 781 g/mol. The van der Waals surface area contributed by atoms with Crippen molar-refractivity contribution >= 4 is 49.3 Å². The smallest absolute Gasteiger partial charge is 0.200 e. The van der Waals surface area contributed by atoms with Crippen molar-refractivity contribution in [2.75, 3.05) is 0 Å². The van der Waals surface area contributed by atoms with Crippen LogP contribution in [0.15, 0.2) is 218 Å². The molecule has 0 aliphatic heterocycles. The number of benzene rings is 9. The lowest BCUT2D eigenvalue weighted by Crippen LogP contribution is -2.06. The lowest BCUT2D eigenvalue weighted by Gasteiger charge is -2.19. The first kappa shape index (κ1) is 36.9. The van der Waals surface area contributed by atoms with Gasteiger partial charge < -0.3 is 9.13 Å². The molecule has 0 radical (unpaired) electrons. The van der Waals surface area contributed by atoms with Crippen LogP contribution in [0, 0.1) is 6.57 Å². The number of fused-ring (bicyclic) bond motifs is 6. The minimum absolute atomic E-state index is 0.424. The standard InChI is InChI=1S/C58H36N6/c1-59-49-37-55(64-51-29-17-15-27-45(51)47-35-43(31-33-53(47)64)39-20-8-3-9-21-39)54(63-50-28-16-14-26-44(50)46-34-42(30-32-52(46)63)38-18-6-2-7-19-38)36-48(49)58-61-56(40-22-10-4-11-23-40)60-57(62-58)41-24-12-5-13-25-41/h2-37H. The quantitative estimate of drug-likeness (QED) is 0.151. The summed E-state index contributed by atoms with van der Waals surface area (Å²) in [5, 5.41) is 4.52. The second-order valence-corrected chi connectivity index (χ2v) is 15.9. The Bertz CT molecular complexity index is 3710. The van der Waals surface area contributed by atoms with Crippen LogP contribution in [0.4, 0.5) is 5.69 Å². The van der Waals surface area contributed by atoms with Gasteiger partial charge in [-0.3, -0.25) is 0 Å². The van der Waals surface area contributed by atoms with Gasteiger partial charge in [0.1, 0.15) is 0 Å². The van der Waals surface area contributed by atoms with Crippen molar-refractivity contribution < 1.29 is 0 Å². The zero-order chi connectivity index (χ0) is 42.6. The van der Waals surface area contributed by atoms with E-state index in [1.165, 1.54) is 0 Å². The molecule has 3 heterocycles. The van der Waals surface area contributed by atoms with Crippen molar-refractivity contribution in [2.24, 2.45) is 0 Å². The Balaban J connectivity index is 1.19. The molecule has 9 aromatic carbocycles. The molecule has 0 amide bonds. The molecule has 0 saturated carbocycles. The van der Waals surface area contributed by atoms with Gasteiger partial charge in [0.15, 0.2) is 23.2 Å². The predicted molar refractivity (Wildman–Crippen MR) is 262 cm³/mol. The first-order chi connectivity index (χ1) is 31.7. The second kappa shape index (κ2) is 15.2. The summed E-state index contributed by atoms with van der Waals surface area (Å²) in [6.45, 7) is 8.79. The van der Waals surface area contributed by atoms with E-state index in [-0.39, 0.29) is 0 Å². The summed E-state index contributed by atoms with van der Waals surface area (Å²) >= 11 is 0. The maximum atomic E-state index is 8.79. The minimum Gasteiger partial charge on any atom is -0.308 e. The van der Waals surface area contributed by atoms with Crippen molar-refractivity contribution in [2.45, 2.75) is 0 Å². The van der Waals surface area contributed by atoms with Gasteiger partial charge in [-0.05, 0) is 70.8 Å². The maximum absolute atomic E-state index is 8.79. The number of hydrogen-bond donors (Lipinski definition) is 0. The molecule has 0 N–H and O–H groups in total. The molecule has 0 aliphatic rings. The van der Waals surface area contributed by atoms with Gasteiger partial charge in [-0.25, -0.2) is 19.8 Å².